The molecule has 262 valence electrons. The summed E-state index contributed by atoms with van der Waals surface area (Å²) in [5, 5.41) is 50.4. The van der Waals surface area contributed by atoms with Gasteiger partial charge in [0.2, 0.25) is 0 Å². The van der Waals surface area contributed by atoms with Crippen LogP contribution in [0.2, 0.25) is 0 Å². The van der Waals surface area contributed by atoms with Gasteiger partial charge >= 0.3 is 19.5 Å². The lowest BCUT2D eigenvalue weighted by molar-refractivity contribution is -0.678. The van der Waals surface area contributed by atoms with Gasteiger partial charge in [-0.05, 0) is 48.0 Å². The molecule has 1 aliphatic carbocycles. The van der Waals surface area contributed by atoms with Crippen LogP contribution in [0.5, 0.6) is 5.75 Å². The Morgan fingerprint density at radius 1 is 0.980 bits per heavy atom. The summed E-state index contributed by atoms with van der Waals surface area (Å²) in [6, 6.07) is 17.1. The first-order valence-corrected chi connectivity index (χ1v) is 16.7. The summed E-state index contributed by atoms with van der Waals surface area (Å²) >= 11 is 0. The van der Waals surface area contributed by atoms with Crippen LogP contribution in [-0.2, 0) is 22.3 Å². The maximum atomic E-state index is 13.2. The van der Waals surface area contributed by atoms with Crippen molar-refractivity contribution in [3.8, 4) is 28.2 Å². The van der Waals surface area contributed by atoms with Crippen molar-refractivity contribution in [2.75, 3.05) is 6.54 Å². The van der Waals surface area contributed by atoms with Gasteiger partial charge in [0.25, 0.3) is 16.9 Å². The number of benzene rings is 3. The van der Waals surface area contributed by atoms with Crippen LogP contribution in [0.4, 0.5) is 0 Å². The van der Waals surface area contributed by atoms with Gasteiger partial charge in [0, 0.05) is 46.8 Å². The van der Waals surface area contributed by atoms with Crippen molar-refractivity contribution >= 4 is 42.1 Å². The third kappa shape index (κ3) is 6.57. The predicted molar refractivity (Wildman–Crippen MR) is 177 cm³/mol. The zero-order valence-corrected chi connectivity index (χ0v) is 27.1. The summed E-state index contributed by atoms with van der Waals surface area (Å²) < 4.78 is 20.5. The number of fused-ring (bicyclic) bond motifs is 3. The zero-order valence-electron chi connectivity index (χ0n) is 26.2. The monoisotopic (exact) mass is 718 g/mol. The number of aliphatic hydroxyl groups excluding tert-OH is 1. The minimum atomic E-state index is -5.54. The van der Waals surface area contributed by atoms with E-state index in [0.717, 1.165) is 6.07 Å². The van der Waals surface area contributed by atoms with Gasteiger partial charge in [0.05, 0.1) is 18.2 Å². The van der Waals surface area contributed by atoms with Gasteiger partial charge in [-0.3, -0.25) is 14.2 Å². The first-order chi connectivity index (χ1) is 24.1. The third-order valence-electron chi connectivity index (χ3n) is 8.36. The van der Waals surface area contributed by atoms with E-state index < -0.39 is 43.3 Å². The maximum absolute atomic E-state index is 13.2. The van der Waals surface area contributed by atoms with Crippen molar-refractivity contribution in [2.45, 2.75) is 24.4 Å². The lowest BCUT2D eigenvalue weighted by Crippen LogP contribution is -2.44. The SMILES string of the molecule is O=C(NCC(O)C[n+]1cc(CC(O)(C(=O)O)P(=O)(O)O)n2ccccc21)c1ccc(-c2c3ccc(=O)cc-3oc3cc(O)ccc23)c(C(=O)O)c1. The average molecular weight is 719 g/mol. The molecule has 0 radical (unpaired) electrons. The standard InChI is InChI=1S/C34H28N3O13P/c38-20-5-8-24-27(12-20)50-28-13-21(39)6-9-25(28)30(24)23-7-4-18(11-26(23)32(42)43)31(41)35-15-22(40)17-36-16-19(37-10-2-1-3-29(36)37)14-34(46,33(44)45)51(47,48)49/h1-13,16,22,40,46H,14-15,17H2,(H5-,35,38,39,41,42,43,44,45,47,48,49)/p+1. The molecule has 0 bridgehead atoms. The molecule has 0 spiro atoms. The van der Waals surface area contributed by atoms with E-state index >= 15 is 0 Å². The number of carbonyl (C=O) groups is 3. The number of carbonyl (C=O) groups excluding carboxylic acids is 1. The van der Waals surface area contributed by atoms with Gasteiger partial charge in [-0.25, -0.2) is 14.2 Å². The normalized spacial score (nSPS) is 13.6. The van der Waals surface area contributed by atoms with E-state index in [4.69, 9.17) is 4.42 Å². The van der Waals surface area contributed by atoms with E-state index in [1.165, 1.54) is 63.8 Å². The van der Waals surface area contributed by atoms with Crippen LogP contribution in [0.1, 0.15) is 26.4 Å². The number of aliphatic carboxylic acids is 1. The highest BCUT2D eigenvalue weighted by Gasteiger charge is 2.54. The van der Waals surface area contributed by atoms with E-state index in [9.17, 15) is 59.1 Å². The fraction of sp³-hybridized carbons (Fsp3) is 0.147. The Bertz CT molecular complexity index is 2450. The molecule has 2 aromatic heterocycles. The van der Waals surface area contributed by atoms with Crippen molar-refractivity contribution in [2.24, 2.45) is 0 Å². The Morgan fingerprint density at radius 2 is 1.73 bits per heavy atom. The molecule has 6 rings (SSSR count). The fourth-order valence-corrected chi connectivity index (χ4v) is 6.50. The fourth-order valence-electron chi connectivity index (χ4n) is 5.89. The number of amides is 1. The molecule has 2 aliphatic rings. The van der Waals surface area contributed by atoms with Crippen LogP contribution in [0.25, 0.3) is 39.1 Å². The first kappa shape index (κ1) is 34.9. The first-order valence-electron chi connectivity index (χ1n) is 15.1. The second-order valence-electron chi connectivity index (χ2n) is 11.8. The molecule has 16 nitrogen and oxygen atoms in total. The summed E-state index contributed by atoms with van der Waals surface area (Å²) in [7, 11) is -5.54. The number of phenols is 1. The molecule has 8 N–H and O–H groups in total. The van der Waals surface area contributed by atoms with Crippen molar-refractivity contribution in [3.05, 3.63) is 112 Å². The molecule has 2 unspecified atom stereocenters. The number of hydrogen-bond acceptors (Lipinski definition) is 9. The van der Waals surface area contributed by atoms with Crippen molar-refractivity contribution in [1.82, 2.24) is 9.72 Å². The minimum absolute atomic E-state index is 0.00858. The number of aromatic nitrogens is 2. The Kier molecular flexibility index (Phi) is 8.97. The number of carboxylic acid groups (broad SMARTS) is 2. The Hall–Kier alpha value is -5.90. The molecule has 0 saturated carbocycles. The smallest absolute Gasteiger partial charge is 0.369 e. The molecule has 51 heavy (non-hydrogen) atoms. The number of nitrogens with one attached hydrogen (secondary N) is 1. The van der Waals surface area contributed by atoms with E-state index in [1.54, 1.807) is 24.3 Å². The number of carboxylic acids is 2. The number of aliphatic hydroxyl groups is 2. The number of aromatic carboxylic acids is 1. The maximum Gasteiger partial charge on any atom is 0.369 e. The molecular formula is C34H29N3O13P+. The number of hydrogen-bond donors (Lipinski definition) is 8. The van der Waals surface area contributed by atoms with Crippen molar-refractivity contribution in [3.63, 3.8) is 0 Å². The third-order valence-corrected chi connectivity index (χ3v) is 9.68. The van der Waals surface area contributed by atoms with Crippen molar-refractivity contribution in [1.29, 1.82) is 0 Å². The van der Waals surface area contributed by atoms with Crippen LogP contribution >= 0.6 is 7.60 Å². The van der Waals surface area contributed by atoms with E-state index in [-0.39, 0.29) is 58.0 Å². The summed E-state index contributed by atoms with van der Waals surface area (Å²) in [6.07, 6.45) is 0.558. The molecule has 17 heteroatoms. The molecule has 3 heterocycles. The second kappa shape index (κ2) is 13.1. The molecule has 0 fully saturated rings. The largest absolute Gasteiger partial charge is 0.508 e. The Labute approximate surface area is 286 Å². The van der Waals surface area contributed by atoms with E-state index in [1.807, 2.05) is 0 Å². The van der Waals surface area contributed by atoms with Crippen LogP contribution in [-0.4, -0.2) is 75.6 Å². The number of phenolic OH excluding ortho intramolecular Hbond substituents is 1. The lowest BCUT2D eigenvalue weighted by Gasteiger charge is -2.22. The van der Waals surface area contributed by atoms with E-state index in [2.05, 4.69) is 5.32 Å². The quantitative estimate of drug-likeness (QED) is 0.0541. The lowest BCUT2D eigenvalue weighted by atomic mass is 9.90. The topological polar surface area (TPSA) is 260 Å². The highest BCUT2D eigenvalue weighted by molar-refractivity contribution is 7.54. The van der Waals surface area contributed by atoms with Crippen molar-refractivity contribution < 1.29 is 63.3 Å². The molecule has 1 amide bonds. The van der Waals surface area contributed by atoms with Crippen LogP contribution in [0.3, 0.4) is 0 Å². The summed E-state index contributed by atoms with van der Waals surface area (Å²) in [6.45, 7) is -0.512. The Morgan fingerprint density at radius 3 is 2.43 bits per heavy atom. The molecule has 1 aliphatic heterocycles. The van der Waals surface area contributed by atoms with Gasteiger partial charge < -0.3 is 45.1 Å². The van der Waals surface area contributed by atoms with Crippen LogP contribution in [0, 0.1) is 0 Å². The summed E-state index contributed by atoms with van der Waals surface area (Å²) in [5.74, 6) is -4.15. The zero-order chi connectivity index (χ0) is 36.8. The second-order valence-corrected chi connectivity index (χ2v) is 13.6. The highest BCUT2D eigenvalue weighted by atomic mass is 31.2. The molecular weight excluding hydrogens is 689 g/mol. The molecule has 4 aromatic rings. The number of aromatic hydroxyl groups is 1. The molecule has 2 atom stereocenters. The summed E-state index contributed by atoms with van der Waals surface area (Å²) in [5.41, 5.74) is 0.935. The highest BCUT2D eigenvalue weighted by Crippen LogP contribution is 2.50. The minimum Gasteiger partial charge on any atom is -0.508 e. The summed E-state index contributed by atoms with van der Waals surface area (Å²) in [4.78, 5) is 68.6. The van der Waals surface area contributed by atoms with Gasteiger partial charge in [-0.15, -0.1) is 0 Å². The molecule has 0 saturated heterocycles. The number of pyridine rings is 1. The van der Waals surface area contributed by atoms with Gasteiger partial charge in [0.1, 0.15) is 35.9 Å². The number of imidazole rings is 1. The van der Waals surface area contributed by atoms with Crippen LogP contribution in [0.15, 0.2) is 94.4 Å². The predicted octanol–water partition coefficient (Wildman–Crippen LogP) is 1.79. The molecule has 2 aromatic carbocycles. The van der Waals surface area contributed by atoms with Gasteiger partial charge in [-0.1, -0.05) is 12.1 Å². The van der Waals surface area contributed by atoms with Gasteiger partial charge in [0.15, 0.2) is 11.1 Å². The number of rotatable bonds is 11. The number of nitrogens with zero attached hydrogens (tertiary/aromatic N) is 2. The van der Waals surface area contributed by atoms with Gasteiger partial charge in [-0.2, -0.15) is 4.40 Å². The Balaban J connectivity index is 1.25. The average Bonchev–Trinajstić information content (AvgIpc) is 3.41. The van der Waals surface area contributed by atoms with Crippen LogP contribution < -0.4 is 15.3 Å². The van der Waals surface area contributed by atoms with E-state index in [0.29, 0.717) is 22.2 Å².